The highest BCUT2D eigenvalue weighted by molar-refractivity contribution is 7.97. The number of nitrogens with zero attached hydrogens (tertiary/aromatic N) is 1. The number of benzene rings is 4. The van der Waals surface area contributed by atoms with Crippen molar-refractivity contribution in [2.75, 3.05) is 0 Å². The molecule has 4 rings (SSSR count). The Morgan fingerprint density at radius 2 is 1.18 bits per heavy atom. The number of carboxylic acids is 1. The molecule has 4 aromatic carbocycles. The summed E-state index contributed by atoms with van der Waals surface area (Å²) in [6, 6.07) is 37.3. The largest absolute Gasteiger partial charge is 0.481 e. The lowest BCUT2D eigenvalue weighted by Gasteiger charge is -2.31. The SMILES string of the molecule is N#CC(C(=O)C(CC(=O)O)NC(=O)OCc1ccccc1)=P(c1ccccc1)(c1ccccc1)c1ccccc1. The van der Waals surface area contributed by atoms with Crippen molar-refractivity contribution in [3.63, 3.8) is 0 Å². The first kappa shape index (κ1) is 28.1. The predicted molar refractivity (Wildman–Crippen MR) is 157 cm³/mol. The van der Waals surface area contributed by atoms with Crippen molar-refractivity contribution in [1.29, 1.82) is 5.26 Å². The Morgan fingerprint density at radius 3 is 1.57 bits per heavy atom. The minimum absolute atomic E-state index is 0.0650. The van der Waals surface area contributed by atoms with E-state index in [1.807, 2.05) is 97.1 Å². The Morgan fingerprint density at radius 1 is 0.750 bits per heavy atom. The van der Waals surface area contributed by atoms with Crippen molar-refractivity contribution in [3.05, 3.63) is 127 Å². The van der Waals surface area contributed by atoms with Gasteiger partial charge in [0.25, 0.3) is 0 Å². The minimum atomic E-state index is -3.10. The number of rotatable bonds is 10. The van der Waals surface area contributed by atoms with Crippen molar-refractivity contribution in [2.24, 2.45) is 0 Å². The number of ether oxygens (including phenoxy) is 1. The molecule has 0 saturated heterocycles. The molecule has 40 heavy (non-hydrogen) atoms. The van der Waals surface area contributed by atoms with Crippen LogP contribution in [0.3, 0.4) is 0 Å². The van der Waals surface area contributed by atoms with Gasteiger partial charge in [-0.2, -0.15) is 5.26 Å². The number of carboxylic acid groups (broad SMARTS) is 1. The minimum Gasteiger partial charge on any atom is -0.481 e. The molecular weight excluding hydrogens is 523 g/mol. The van der Waals surface area contributed by atoms with Crippen LogP contribution in [0.15, 0.2) is 121 Å². The van der Waals surface area contributed by atoms with Gasteiger partial charge in [-0.15, -0.1) is 0 Å². The average Bonchev–Trinajstić information content (AvgIpc) is 3.00. The van der Waals surface area contributed by atoms with E-state index in [1.165, 1.54) is 0 Å². The van der Waals surface area contributed by atoms with E-state index in [-0.39, 0.29) is 11.9 Å². The second kappa shape index (κ2) is 13.2. The van der Waals surface area contributed by atoms with Crippen molar-refractivity contribution >= 4 is 45.9 Å². The third-order valence-corrected chi connectivity index (χ3v) is 10.5. The Hall–Kier alpha value is -4.92. The lowest BCUT2D eigenvalue weighted by molar-refractivity contribution is -0.138. The smallest absolute Gasteiger partial charge is 0.408 e. The van der Waals surface area contributed by atoms with Crippen LogP contribution in [0.1, 0.15) is 12.0 Å². The normalized spacial score (nSPS) is 11.5. The molecule has 0 spiro atoms. The van der Waals surface area contributed by atoms with E-state index in [0.29, 0.717) is 0 Å². The van der Waals surface area contributed by atoms with E-state index in [0.717, 1.165) is 21.5 Å². The number of hydrogen-bond donors (Lipinski definition) is 2. The standard InChI is InChI=1S/C32H27N2O5P/c33-22-29(31(37)28(21-30(35)36)34-32(38)39-23-24-13-5-1-6-14-24)40(25-15-7-2-8-16-25,26-17-9-3-10-18-26)27-19-11-4-12-20-27/h1-20,28H,21,23H2,(H,34,38)(H,35,36). The van der Waals surface area contributed by atoms with Crippen molar-refractivity contribution in [1.82, 2.24) is 5.32 Å². The topological polar surface area (TPSA) is 116 Å². The molecule has 1 amide bonds. The summed E-state index contributed by atoms with van der Waals surface area (Å²) in [5.74, 6) is -2.08. The highest BCUT2D eigenvalue weighted by atomic mass is 31.2. The van der Waals surface area contributed by atoms with Gasteiger partial charge in [0.15, 0.2) is 5.78 Å². The fourth-order valence-electron chi connectivity index (χ4n) is 4.54. The Bertz CT molecular complexity index is 1460. The first-order valence-electron chi connectivity index (χ1n) is 12.5. The van der Waals surface area contributed by atoms with E-state index < -0.39 is 37.2 Å². The number of aliphatic carboxylic acids is 1. The van der Waals surface area contributed by atoms with Crippen LogP contribution in [-0.4, -0.2) is 34.3 Å². The molecule has 8 heteroatoms. The highest BCUT2D eigenvalue weighted by Gasteiger charge is 2.37. The summed E-state index contributed by atoms with van der Waals surface area (Å²) < 4.78 is 5.26. The van der Waals surface area contributed by atoms with Gasteiger partial charge in [0.1, 0.15) is 24.0 Å². The number of nitrogens with one attached hydrogen (secondary N) is 1. The maximum Gasteiger partial charge on any atom is 0.408 e. The third kappa shape index (κ3) is 6.20. The lowest BCUT2D eigenvalue weighted by atomic mass is 10.1. The summed E-state index contributed by atoms with van der Waals surface area (Å²) >= 11 is 0. The van der Waals surface area contributed by atoms with Gasteiger partial charge < -0.3 is 15.2 Å². The average molecular weight is 551 g/mol. The lowest BCUT2D eigenvalue weighted by Crippen LogP contribution is -2.47. The zero-order valence-corrected chi connectivity index (χ0v) is 22.4. The predicted octanol–water partition coefficient (Wildman–Crippen LogP) is 4.02. The monoisotopic (exact) mass is 550 g/mol. The number of carbonyl (C=O) groups is 3. The molecule has 7 nitrogen and oxygen atoms in total. The molecule has 0 heterocycles. The fourth-order valence-corrected chi connectivity index (χ4v) is 8.70. The fraction of sp³-hybridized carbons (Fsp3) is 0.0938. The van der Waals surface area contributed by atoms with Gasteiger partial charge in [-0.1, -0.05) is 121 Å². The number of Topliss-reactive ketones (excluding diaryl/α,β-unsaturated/α-hetero) is 1. The molecule has 200 valence electrons. The van der Waals surface area contributed by atoms with Crippen LogP contribution in [0.4, 0.5) is 4.79 Å². The second-order valence-electron chi connectivity index (χ2n) is 8.86. The van der Waals surface area contributed by atoms with E-state index in [4.69, 9.17) is 4.74 Å². The summed E-state index contributed by atoms with van der Waals surface area (Å²) in [6.45, 7) is -3.17. The maximum atomic E-state index is 14.2. The first-order valence-corrected chi connectivity index (χ1v) is 14.3. The van der Waals surface area contributed by atoms with Crippen LogP contribution in [0.5, 0.6) is 0 Å². The molecule has 0 aliphatic carbocycles. The van der Waals surface area contributed by atoms with E-state index in [9.17, 15) is 24.8 Å². The molecule has 0 saturated carbocycles. The molecule has 0 radical (unpaired) electrons. The van der Waals surface area contributed by atoms with Crippen LogP contribution in [0.25, 0.3) is 0 Å². The second-order valence-corrected chi connectivity index (χ2v) is 12.2. The Kier molecular flexibility index (Phi) is 9.30. The molecule has 2 N–H and O–H groups in total. The molecule has 0 aliphatic rings. The molecule has 1 unspecified atom stereocenters. The molecule has 1 atom stereocenters. The van der Waals surface area contributed by atoms with E-state index >= 15 is 0 Å². The van der Waals surface area contributed by atoms with E-state index in [1.54, 1.807) is 24.3 Å². The van der Waals surface area contributed by atoms with Crippen LogP contribution in [0.2, 0.25) is 0 Å². The summed E-state index contributed by atoms with van der Waals surface area (Å²) in [5, 5.41) is 24.8. The van der Waals surface area contributed by atoms with Crippen LogP contribution < -0.4 is 21.2 Å². The van der Waals surface area contributed by atoms with Crippen LogP contribution in [-0.2, 0) is 20.9 Å². The summed E-state index contributed by atoms with van der Waals surface area (Å²) in [4.78, 5) is 38.8. The number of amides is 1. The van der Waals surface area contributed by atoms with E-state index in [2.05, 4.69) is 11.4 Å². The number of hydrogen-bond acceptors (Lipinski definition) is 5. The van der Waals surface area contributed by atoms with Crippen molar-refractivity contribution in [2.45, 2.75) is 19.1 Å². The third-order valence-electron chi connectivity index (χ3n) is 6.31. The van der Waals surface area contributed by atoms with Crippen LogP contribution in [0, 0.1) is 11.3 Å². The van der Waals surface area contributed by atoms with Gasteiger partial charge in [0, 0.05) is 0 Å². The van der Waals surface area contributed by atoms with Gasteiger partial charge in [0.2, 0.25) is 0 Å². The zero-order valence-electron chi connectivity index (χ0n) is 21.5. The number of ketones is 1. The maximum absolute atomic E-state index is 14.2. The highest BCUT2D eigenvalue weighted by Crippen LogP contribution is 2.46. The molecule has 0 aliphatic heterocycles. The van der Waals surface area contributed by atoms with Gasteiger partial charge in [-0.3, -0.25) is 9.59 Å². The summed E-state index contributed by atoms with van der Waals surface area (Å²) in [5.41, 5.74) is 0.727. The number of nitriles is 1. The van der Waals surface area contributed by atoms with Gasteiger partial charge in [-0.25, -0.2) is 4.79 Å². The van der Waals surface area contributed by atoms with Crippen molar-refractivity contribution < 1.29 is 24.2 Å². The molecule has 0 bridgehead atoms. The molecular formula is C32H27N2O5P. The summed E-state index contributed by atoms with van der Waals surface area (Å²) in [7, 11) is 0. The quantitative estimate of drug-likeness (QED) is 0.288. The molecule has 4 aromatic rings. The Labute approximate surface area is 232 Å². The Balaban J connectivity index is 1.88. The van der Waals surface area contributed by atoms with Gasteiger partial charge >= 0.3 is 12.1 Å². The van der Waals surface area contributed by atoms with Crippen LogP contribution >= 0.6 is 6.89 Å². The molecule has 0 fully saturated rings. The van der Waals surface area contributed by atoms with Gasteiger partial charge in [0.05, 0.1) is 6.42 Å². The van der Waals surface area contributed by atoms with Gasteiger partial charge in [-0.05, 0) is 28.4 Å². The number of alkyl carbamates (subject to hydrolysis) is 1. The summed E-state index contributed by atoms with van der Waals surface area (Å²) in [6.07, 6.45) is -1.67. The van der Waals surface area contributed by atoms with Crippen molar-refractivity contribution in [3.8, 4) is 6.07 Å². The molecule has 0 aromatic heterocycles. The zero-order chi connectivity index (χ0) is 28.4. The number of carbonyl (C=O) groups excluding carboxylic acids is 2. The first-order chi connectivity index (χ1) is 19.5.